The van der Waals surface area contributed by atoms with E-state index >= 15 is 0 Å². The molecular formula is C16H26N6S2. The third-order valence-corrected chi connectivity index (χ3v) is 5.93. The summed E-state index contributed by atoms with van der Waals surface area (Å²) in [5.74, 6) is 2.55. The SMILES string of the molecule is CSC(C)(C)CNC(=NCc1nnc(C)n1C)NCc1cccs1. The molecule has 0 atom stereocenters. The summed E-state index contributed by atoms with van der Waals surface area (Å²) in [6.07, 6.45) is 2.12. The number of nitrogens with zero attached hydrogens (tertiary/aromatic N) is 4. The Bertz CT molecular complexity index is 660. The summed E-state index contributed by atoms with van der Waals surface area (Å²) in [6.45, 7) is 8.47. The van der Waals surface area contributed by atoms with Gasteiger partial charge in [-0.3, -0.25) is 0 Å². The number of hydrogen-bond donors (Lipinski definition) is 2. The summed E-state index contributed by atoms with van der Waals surface area (Å²) in [5, 5.41) is 17.2. The average Bonchev–Trinajstić information content (AvgIpc) is 3.19. The smallest absolute Gasteiger partial charge is 0.192 e. The molecule has 0 fully saturated rings. The highest BCUT2D eigenvalue weighted by Gasteiger charge is 2.16. The number of aromatic nitrogens is 3. The standard InChI is InChI=1S/C16H26N6S2/c1-12-20-21-14(22(12)4)10-18-15(19-11-16(2,3)23-5)17-9-13-7-6-8-24-13/h6-8H,9-11H2,1-5H3,(H2,17,18,19). The molecule has 2 aromatic heterocycles. The van der Waals surface area contributed by atoms with Crippen LogP contribution in [0, 0.1) is 6.92 Å². The van der Waals surface area contributed by atoms with E-state index in [4.69, 9.17) is 0 Å². The van der Waals surface area contributed by atoms with Crippen molar-refractivity contribution in [1.82, 2.24) is 25.4 Å². The highest BCUT2D eigenvalue weighted by molar-refractivity contribution is 7.99. The van der Waals surface area contributed by atoms with E-state index in [9.17, 15) is 0 Å². The Morgan fingerprint density at radius 2 is 2.17 bits per heavy atom. The van der Waals surface area contributed by atoms with E-state index in [2.05, 4.69) is 63.4 Å². The molecule has 0 saturated heterocycles. The molecule has 2 rings (SSSR count). The Labute approximate surface area is 152 Å². The lowest BCUT2D eigenvalue weighted by Gasteiger charge is -2.23. The average molecular weight is 367 g/mol. The van der Waals surface area contributed by atoms with Gasteiger partial charge in [0.15, 0.2) is 11.8 Å². The van der Waals surface area contributed by atoms with Crippen molar-refractivity contribution in [2.24, 2.45) is 12.0 Å². The van der Waals surface area contributed by atoms with E-state index in [0.717, 1.165) is 30.7 Å². The first-order chi connectivity index (χ1) is 11.4. The highest BCUT2D eigenvalue weighted by Crippen LogP contribution is 2.19. The van der Waals surface area contributed by atoms with Crippen LogP contribution in [0.25, 0.3) is 0 Å². The molecule has 2 aromatic rings. The van der Waals surface area contributed by atoms with Gasteiger partial charge in [0.25, 0.3) is 0 Å². The molecule has 0 aromatic carbocycles. The second-order valence-corrected chi connectivity index (χ2v) is 8.68. The van der Waals surface area contributed by atoms with Gasteiger partial charge in [-0.1, -0.05) is 6.07 Å². The van der Waals surface area contributed by atoms with Gasteiger partial charge >= 0.3 is 0 Å². The number of hydrogen-bond acceptors (Lipinski definition) is 5. The topological polar surface area (TPSA) is 67.1 Å². The lowest BCUT2D eigenvalue weighted by molar-refractivity contribution is 0.660. The minimum absolute atomic E-state index is 0.146. The van der Waals surface area contributed by atoms with Gasteiger partial charge in [0, 0.05) is 23.2 Å². The van der Waals surface area contributed by atoms with Crippen molar-refractivity contribution in [3.8, 4) is 0 Å². The van der Waals surface area contributed by atoms with Crippen LogP contribution < -0.4 is 10.6 Å². The zero-order chi connectivity index (χ0) is 17.6. The fourth-order valence-corrected chi connectivity index (χ4v) is 2.73. The van der Waals surface area contributed by atoms with Crippen molar-refractivity contribution in [3.05, 3.63) is 34.0 Å². The predicted molar refractivity (Wildman–Crippen MR) is 104 cm³/mol. The fourth-order valence-electron chi connectivity index (χ4n) is 1.87. The van der Waals surface area contributed by atoms with Gasteiger partial charge in [-0.05, 0) is 38.5 Å². The van der Waals surface area contributed by atoms with Crippen molar-refractivity contribution in [3.63, 3.8) is 0 Å². The molecule has 0 unspecified atom stereocenters. The molecule has 132 valence electrons. The maximum Gasteiger partial charge on any atom is 0.192 e. The zero-order valence-corrected chi connectivity index (χ0v) is 16.6. The molecule has 0 aliphatic carbocycles. The van der Waals surface area contributed by atoms with Crippen molar-refractivity contribution < 1.29 is 0 Å². The van der Waals surface area contributed by atoms with E-state index in [1.807, 2.05) is 30.3 Å². The summed E-state index contributed by atoms with van der Waals surface area (Å²) < 4.78 is 2.11. The first kappa shape index (κ1) is 18.8. The monoisotopic (exact) mass is 366 g/mol. The Balaban J connectivity index is 2.02. The van der Waals surface area contributed by atoms with Gasteiger partial charge in [0.1, 0.15) is 12.4 Å². The lowest BCUT2D eigenvalue weighted by Crippen LogP contribution is -2.43. The molecule has 0 radical (unpaired) electrons. The van der Waals surface area contributed by atoms with Crippen LogP contribution in [-0.4, -0.2) is 38.3 Å². The number of aryl methyl sites for hydroxylation is 1. The number of aliphatic imine (C=N–C) groups is 1. The second-order valence-electron chi connectivity index (χ2n) is 6.14. The number of nitrogens with one attached hydrogen (secondary N) is 2. The minimum atomic E-state index is 0.146. The van der Waals surface area contributed by atoms with Gasteiger partial charge in [-0.2, -0.15) is 11.8 Å². The molecular weight excluding hydrogens is 340 g/mol. The van der Waals surface area contributed by atoms with Gasteiger partial charge in [0.2, 0.25) is 0 Å². The highest BCUT2D eigenvalue weighted by atomic mass is 32.2. The Kier molecular flexibility index (Phi) is 6.68. The summed E-state index contributed by atoms with van der Waals surface area (Å²) in [6, 6.07) is 4.18. The fraction of sp³-hybridized carbons (Fsp3) is 0.562. The summed E-state index contributed by atoms with van der Waals surface area (Å²) in [4.78, 5) is 5.95. The van der Waals surface area contributed by atoms with E-state index < -0.39 is 0 Å². The minimum Gasteiger partial charge on any atom is -0.355 e. The molecule has 0 aliphatic heterocycles. The van der Waals surface area contributed by atoms with Crippen LogP contribution in [0.5, 0.6) is 0 Å². The maximum absolute atomic E-state index is 4.67. The van der Waals surface area contributed by atoms with Gasteiger partial charge in [-0.25, -0.2) is 4.99 Å². The maximum atomic E-state index is 4.67. The summed E-state index contributed by atoms with van der Waals surface area (Å²) in [7, 11) is 1.96. The number of guanidine groups is 1. The second kappa shape index (κ2) is 8.53. The van der Waals surface area contributed by atoms with Crippen LogP contribution in [0.15, 0.2) is 22.5 Å². The molecule has 0 amide bonds. The molecule has 0 spiro atoms. The van der Waals surface area contributed by atoms with Gasteiger partial charge in [0.05, 0.1) is 6.54 Å². The Morgan fingerprint density at radius 3 is 2.75 bits per heavy atom. The normalized spacial score (nSPS) is 12.5. The molecule has 2 heterocycles. The molecule has 24 heavy (non-hydrogen) atoms. The van der Waals surface area contributed by atoms with Crippen LogP contribution in [-0.2, 0) is 20.1 Å². The van der Waals surface area contributed by atoms with Crippen LogP contribution in [0.3, 0.4) is 0 Å². The van der Waals surface area contributed by atoms with Crippen LogP contribution in [0.4, 0.5) is 0 Å². The zero-order valence-electron chi connectivity index (χ0n) is 15.0. The quantitative estimate of drug-likeness (QED) is 0.582. The van der Waals surface area contributed by atoms with E-state index in [0.29, 0.717) is 6.54 Å². The Hall–Kier alpha value is -1.54. The first-order valence-corrected chi connectivity index (χ1v) is 9.96. The van der Waals surface area contributed by atoms with Crippen molar-refractivity contribution >= 4 is 29.1 Å². The Morgan fingerprint density at radius 1 is 1.38 bits per heavy atom. The van der Waals surface area contributed by atoms with E-state index in [1.54, 1.807) is 11.3 Å². The largest absolute Gasteiger partial charge is 0.355 e. The summed E-state index contributed by atoms with van der Waals surface area (Å²) >= 11 is 3.57. The van der Waals surface area contributed by atoms with Crippen molar-refractivity contribution in [1.29, 1.82) is 0 Å². The third-order valence-electron chi connectivity index (χ3n) is 3.81. The van der Waals surface area contributed by atoms with Crippen LogP contribution >= 0.6 is 23.1 Å². The predicted octanol–water partition coefficient (Wildman–Crippen LogP) is 2.56. The van der Waals surface area contributed by atoms with E-state index in [1.165, 1.54) is 4.88 Å². The van der Waals surface area contributed by atoms with Crippen molar-refractivity contribution in [2.45, 2.75) is 38.6 Å². The molecule has 8 heteroatoms. The molecule has 0 bridgehead atoms. The molecule has 2 N–H and O–H groups in total. The number of rotatable bonds is 7. The number of thioether (sulfide) groups is 1. The van der Waals surface area contributed by atoms with E-state index in [-0.39, 0.29) is 4.75 Å². The molecule has 6 nitrogen and oxygen atoms in total. The van der Waals surface area contributed by atoms with Gasteiger partial charge in [-0.15, -0.1) is 21.5 Å². The van der Waals surface area contributed by atoms with Gasteiger partial charge < -0.3 is 15.2 Å². The van der Waals surface area contributed by atoms with Crippen LogP contribution in [0.1, 0.15) is 30.4 Å². The number of thiophene rings is 1. The lowest BCUT2D eigenvalue weighted by atomic mass is 10.2. The first-order valence-electron chi connectivity index (χ1n) is 7.86. The molecule has 0 aliphatic rings. The third kappa shape index (κ3) is 5.52. The summed E-state index contributed by atoms with van der Waals surface area (Å²) in [5.41, 5.74) is 0. The molecule has 0 saturated carbocycles. The van der Waals surface area contributed by atoms with Crippen LogP contribution in [0.2, 0.25) is 0 Å². The van der Waals surface area contributed by atoms with Crippen molar-refractivity contribution in [2.75, 3.05) is 12.8 Å².